The Morgan fingerprint density at radius 1 is 1.30 bits per heavy atom. The van der Waals surface area contributed by atoms with Crippen molar-refractivity contribution in [1.82, 2.24) is 10.3 Å². The molecule has 0 amide bonds. The van der Waals surface area contributed by atoms with Gasteiger partial charge < -0.3 is 5.32 Å². The van der Waals surface area contributed by atoms with Gasteiger partial charge in [0.25, 0.3) is 0 Å². The molecule has 1 atom stereocenters. The van der Waals surface area contributed by atoms with Crippen LogP contribution in [0.15, 0.2) is 47.1 Å². The molecule has 20 heavy (non-hydrogen) atoms. The number of benzene rings is 1. The molecule has 4 heteroatoms. The maximum atomic E-state index is 13.4. The molecule has 1 aromatic carbocycles. The maximum Gasteiger partial charge on any atom is 0.123 e. The molecular formula is C16H18BrFN2. The van der Waals surface area contributed by atoms with Crippen LogP contribution in [0, 0.1) is 5.82 Å². The van der Waals surface area contributed by atoms with Gasteiger partial charge in [-0.1, -0.05) is 19.1 Å². The molecule has 1 unspecified atom stereocenters. The highest BCUT2D eigenvalue weighted by Crippen LogP contribution is 2.19. The zero-order valence-electron chi connectivity index (χ0n) is 11.4. The molecule has 1 aromatic heterocycles. The second kappa shape index (κ2) is 7.50. The summed E-state index contributed by atoms with van der Waals surface area (Å²) in [5, 5.41) is 3.46. The van der Waals surface area contributed by atoms with Gasteiger partial charge >= 0.3 is 0 Å². The molecule has 0 aliphatic heterocycles. The Labute approximate surface area is 127 Å². The normalized spacial score (nSPS) is 12.3. The van der Waals surface area contributed by atoms with Crippen LogP contribution in [-0.4, -0.2) is 11.5 Å². The van der Waals surface area contributed by atoms with Crippen LogP contribution in [0.3, 0.4) is 0 Å². The summed E-state index contributed by atoms with van der Waals surface area (Å²) in [6.07, 6.45) is 3.58. The van der Waals surface area contributed by atoms with Gasteiger partial charge in [0, 0.05) is 28.8 Å². The quantitative estimate of drug-likeness (QED) is 0.852. The van der Waals surface area contributed by atoms with Crippen LogP contribution in [0.2, 0.25) is 0 Å². The highest BCUT2D eigenvalue weighted by Gasteiger charge is 2.13. The van der Waals surface area contributed by atoms with E-state index in [9.17, 15) is 4.39 Å². The molecule has 106 valence electrons. The van der Waals surface area contributed by atoms with Crippen LogP contribution < -0.4 is 5.32 Å². The molecule has 1 heterocycles. The third-order valence-corrected chi connectivity index (χ3v) is 3.56. The van der Waals surface area contributed by atoms with E-state index in [1.807, 2.05) is 18.2 Å². The summed E-state index contributed by atoms with van der Waals surface area (Å²) in [6, 6.07) is 10.8. The summed E-state index contributed by atoms with van der Waals surface area (Å²) in [4.78, 5) is 4.39. The first-order chi connectivity index (χ1) is 9.69. The average Bonchev–Trinajstić information content (AvgIpc) is 2.45. The minimum absolute atomic E-state index is 0.0827. The third kappa shape index (κ3) is 4.39. The van der Waals surface area contributed by atoms with Crippen molar-refractivity contribution < 1.29 is 4.39 Å². The lowest BCUT2D eigenvalue weighted by atomic mass is 10.0. The number of hydrogen-bond acceptors (Lipinski definition) is 2. The van der Waals surface area contributed by atoms with Crippen LogP contribution in [-0.2, 0) is 6.42 Å². The average molecular weight is 337 g/mol. The molecule has 0 bridgehead atoms. The number of rotatable bonds is 6. The lowest BCUT2D eigenvalue weighted by molar-refractivity contribution is 0.519. The summed E-state index contributed by atoms with van der Waals surface area (Å²) in [7, 11) is 0. The van der Waals surface area contributed by atoms with Gasteiger partial charge in [0.15, 0.2) is 0 Å². The van der Waals surface area contributed by atoms with Gasteiger partial charge in [-0.05, 0) is 58.7 Å². The highest BCUT2D eigenvalue weighted by molar-refractivity contribution is 9.10. The topological polar surface area (TPSA) is 24.9 Å². The second-order valence-electron chi connectivity index (χ2n) is 4.73. The first kappa shape index (κ1) is 15.1. The second-order valence-corrected chi connectivity index (χ2v) is 5.65. The maximum absolute atomic E-state index is 13.4. The monoisotopic (exact) mass is 336 g/mol. The molecule has 2 rings (SSSR count). The fourth-order valence-electron chi connectivity index (χ4n) is 2.09. The molecule has 0 saturated carbocycles. The first-order valence-electron chi connectivity index (χ1n) is 6.78. The smallest absolute Gasteiger partial charge is 0.123 e. The summed E-state index contributed by atoms with van der Waals surface area (Å²) in [5.74, 6) is -0.199. The summed E-state index contributed by atoms with van der Waals surface area (Å²) in [6.45, 7) is 3.02. The Balaban J connectivity index is 2.16. The zero-order chi connectivity index (χ0) is 14.4. The number of aromatic nitrogens is 1. The van der Waals surface area contributed by atoms with E-state index < -0.39 is 0 Å². The SMILES string of the molecule is CCCNC(Cc1ccc(Br)cn1)c1cccc(F)c1. The molecule has 0 saturated heterocycles. The van der Waals surface area contributed by atoms with Crippen molar-refractivity contribution >= 4 is 15.9 Å². The molecule has 0 aliphatic rings. The molecule has 2 aromatic rings. The predicted molar refractivity (Wildman–Crippen MR) is 83.1 cm³/mol. The van der Waals surface area contributed by atoms with Crippen LogP contribution in [0.1, 0.15) is 30.6 Å². The zero-order valence-corrected chi connectivity index (χ0v) is 13.0. The Hall–Kier alpha value is -1.26. The molecule has 0 fully saturated rings. The van der Waals surface area contributed by atoms with Gasteiger partial charge in [-0.25, -0.2) is 4.39 Å². The van der Waals surface area contributed by atoms with Crippen LogP contribution >= 0.6 is 15.9 Å². The van der Waals surface area contributed by atoms with Gasteiger partial charge in [-0.3, -0.25) is 4.98 Å². The van der Waals surface area contributed by atoms with E-state index in [2.05, 4.69) is 33.2 Å². The van der Waals surface area contributed by atoms with E-state index in [-0.39, 0.29) is 11.9 Å². The molecule has 0 radical (unpaired) electrons. The van der Waals surface area contributed by atoms with Crippen LogP contribution in [0.25, 0.3) is 0 Å². The summed E-state index contributed by atoms with van der Waals surface area (Å²) in [5.41, 5.74) is 1.95. The van der Waals surface area contributed by atoms with E-state index in [1.165, 1.54) is 6.07 Å². The number of nitrogens with one attached hydrogen (secondary N) is 1. The van der Waals surface area contributed by atoms with Crippen molar-refractivity contribution in [3.8, 4) is 0 Å². The lowest BCUT2D eigenvalue weighted by Gasteiger charge is -2.19. The fraction of sp³-hybridized carbons (Fsp3) is 0.312. The van der Waals surface area contributed by atoms with Gasteiger partial charge in [-0.2, -0.15) is 0 Å². The van der Waals surface area contributed by atoms with Gasteiger partial charge in [-0.15, -0.1) is 0 Å². The number of pyridine rings is 1. The number of nitrogens with zero attached hydrogens (tertiary/aromatic N) is 1. The Kier molecular flexibility index (Phi) is 5.68. The van der Waals surface area contributed by atoms with E-state index in [4.69, 9.17) is 0 Å². The molecule has 0 spiro atoms. The van der Waals surface area contributed by atoms with Crippen molar-refractivity contribution in [3.63, 3.8) is 0 Å². The predicted octanol–water partition coefficient (Wildman–Crippen LogP) is 4.27. The Morgan fingerprint density at radius 3 is 2.80 bits per heavy atom. The lowest BCUT2D eigenvalue weighted by Crippen LogP contribution is -2.24. The largest absolute Gasteiger partial charge is 0.310 e. The molecule has 1 N–H and O–H groups in total. The van der Waals surface area contributed by atoms with Gasteiger partial charge in [0.05, 0.1) is 0 Å². The van der Waals surface area contributed by atoms with Crippen LogP contribution in [0.5, 0.6) is 0 Å². The van der Waals surface area contributed by atoms with Crippen molar-refractivity contribution in [1.29, 1.82) is 0 Å². The minimum atomic E-state index is -0.199. The van der Waals surface area contributed by atoms with E-state index in [1.54, 1.807) is 18.3 Å². The minimum Gasteiger partial charge on any atom is -0.310 e. The highest BCUT2D eigenvalue weighted by atomic mass is 79.9. The standard InChI is InChI=1S/C16H18BrFN2/c1-2-8-19-16(12-4-3-5-14(18)9-12)10-15-7-6-13(17)11-20-15/h3-7,9,11,16,19H,2,8,10H2,1H3. The van der Waals surface area contributed by atoms with E-state index in [0.29, 0.717) is 0 Å². The number of halogens is 2. The first-order valence-corrected chi connectivity index (χ1v) is 7.57. The van der Waals surface area contributed by atoms with Gasteiger partial charge in [0.1, 0.15) is 5.82 Å². The fourth-order valence-corrected chi connectivity index (χ4v) is 2.32. The van der Waals surface area contributed by atoms with E-state index in [0.717, 1.165) is 35.1 Å². The Bertz CT molecular complexity index is 542. The van der Waals surface area contributed by atoms with Gasteiger partial charge in [0.2, 0.25) is 0 Å². The summed E-state index contributed by atoms with van der Waals surface area (Å²) < 4.78 is 14.4. The summed E-state index contributed by atoms with van der Waals surface area (Å²) >= 11 is 3.38. The molecular weight excluding hydrogens is 319 g/mol. The van der Waals surface area contributed by atoms with E-state index >= 15 is 0 Å². The van der Waals surface area contributed by atoms with Crippen molar-refractivity contribution in [2.75, 3.05) is 6.54 Å². The molecule has 0 aliphatic carbocycles. The third-order valence-electron chi connectivity index (χ3n) is 3.09. The number of hydrogen-bond donors (Lipinski definition) is 1. The molecule has 2 nitrogen and oxygen atoms in total. The van der Waals surface area contributed by atoms with Crippen molar-refractivity contribution in [2.45, 2.75) is 25.8 Å². The van der Waals surface area contributed by atoms with Crippen LogP contribution in [0.4, 0.5) is 4.39 Å². The Morgan fingerprint density at radius 2 is 2.15 bits per heavy atom. The van der Waals surface area contributed by atoms with Crippen molar-refractivity contribution in [2.24, 2.45) is 0 Å². The van der Waals surface area contributed by atoms with Crippen molar-refractivity contribution in [3.05, 3.63) is 64.1 Å².